The predicted octanol–water partition coefficient (Wildman–Crippen LogP) is 2.53. The largest absolute Gasteiger partial charge is 0.491 e. The molecule has 112 valence electrons. The van der Waals surface area contributed by atoms with E-state index in [0.717, 1.165) is 29.8 Å². The van der Waals surface area contributed by atoms with Gasteiger partial charge in [-0.1, -0.05) is 24.6 Å². The third-order valence-electron chi connectivity index (χ3n) is 3.13. The molecule has 0 aliphatic carbocycles. The van der Waals surface area contributed by atoms with E-state index >= 15 is 0 Å². The van der Waals surface area contributed by atoms with Crippen LogP contribution in [0.3, 0.4) is 0 Å². The van der Waals surface area contributed by atoms with Gasteiger partial charge in [0.15, 0.2) is 0 Å². The molecular formula is C16H25NO3. The molecule has 0 saturated heterocycles. The Balaban J connectivity index is 2.74. The summed E-state index contributed by atoms with van der Waals surface area (Å²) in [7, 11) is 1.39. The van der Waals surface area contributed by atoms with Crippen molar-refractivity contribution in [2.75, 3.05) is 20.3 Å². The average Bonchev–Trinajstić information content (AvgIpc) is 2.40. The summed E-state index contributed by atoms with van der Waals surface area (Å²) in [4.78, 5) is 11.7. The second kappa shape index (κ2) is 7.90. The molecule has 0 radical (unpaired) electrons. The van der Waals surface area contributed by atoms with Crippen LogP contribution >= 0.6 is 0 Å². The smallest absolute Gasteiger partial charge is 0.326 e. The molecule has 0 aliphatic rings. The number of ether oxygens (including phenoxy) is 2. The van der Waals surface area contributed by atoms with E-state index in [0.29, 0.717) is 0 Å². The quantitative estimate of drug-likeness (QED) is 0.779. The average molecular weight is 279 g/mol. The van der Waals surface area contributed by atoms with Gasteiger partial charge in [-0.15, -0.1) is 0 Å². The molecule has 1 aromatic rings. The van der Waals surface area contributed by atoms with Crippen molar-refractivity contribution in [2.45, 2.75) is 40.2 Å². The zero-order chi connectivity index (χ0) is 15.1. The van der Waals surface area contributed by atoms with Crippen LogP contribution in [0.5, 0.6) is 5.75 Å². The van der Waals surface area contributed by atoms with Crippen LogP contribution in [0.1, 0.15) is 30.0 Å². The Morgan fingerprint density at radius 2 is 1.85 bits per heavy atom. The lowest BCUT2D eigenvalue weighted by Gasteiger charge is -2.19. The van der Waals surface area contributed by atoms with Crippen LogP contribution in [0.2, 0.25) is 0 Å². The SMILES string of the molecule is CCCNC(COc1c(C)cc(C)cc1C)C(=O)OC. The maximum Gasteiger partial charge on any atom is 0.326 e. The Morgan fingerprint density at radius 1 is 1.25 bits per heavy atom. The third-order valence-corrected chi connectivity index (χ3v) is 3.13. The molecule has 0 saturated carbocycles. The summed E-state index contributed by atoms with van der Waals surface area (Å²) in [5.41, 5.74) is 3.38. The molecule has 4 nitrogen and oxygen atoms in total. The molecule has 0 heterocycles. The Morgan fingerprint density at radius 3 is 2.35 bits per heavy atom. The fourth-order valence-electron chi connectivity index (χ4n) is 2.23. The maximum atomic E-state index is 11.7. The number of aryl methyl sites for hydroxylation is 3. The van der Waals surface area contributed by atoms with Gasteiger partial charge in [-0.3, -0.25) is 4.79 Å². The molecule has 0 amide bonds. The van der Waals surface area contributed by atoms with E-state index in [4.69, 9.17) is 9.47 Å². The van der Waals surface area contributed by atoms with Gasteiger partial charge >= 0.3 is 5.97 Å². The summed E-state index contributed by atoms with van der Waals surface area (Å²) in [6, 6.07) is 3.73. The molecule has 0 bridgehead atoms. The van der Waals surface area contributed by atoms with Crippen molar-refractivity contribution in [3.05, 3.63) is 28.8 Å². The van der Waals surface area contributed by atoms with Gasteiger partial charge in [0, 0.05) is 0 Å². The van der Waals surface area contributed by atoms with Gasteiger partial charge < -0.3 is 14.8 Å². The highest BCUT2D eigenvalue weighted by atomic mass is 16.5. The van der Waals surface area contributed by atoms with Crippen LogP contribution in [0.15, 0.2) is 12.1 Å². The Hall–Kier alpha value is -1.55. The molecular weight excluding hydrogens is 254 g/mol. The van der Waals surface area contributed by atoms with Crippen molar-refractivity contribution in [1.82, 2.24) is 5.32 Å². The minimum Gasteiger partial charge on any atom is -0.491 e. The van der Waals surface area contributed by atoms with Crippen LogP contribution in [-0.2, 0) is 9.53 Å². The van der Waals surface area contributed by atoms with E-state index in [9.17, 15) is 4.79 Å². The molecule has 1 atom stereocenters. The molecule has 4 heteroatoms. The van der Waals surface area contributed by atoms with E-state index in [1.165, 1.54) is 12.7 Å². The minimum absolute atomic E-state index is 0.275. The second-order valence-electron chi connectivity index (χ2n) is 5.07. The molecule has 0 spiro atoms. The van der Waals surface area contributed by atoms with Gasteiger partial charge in [0.25, 0.3) is 0 Å². The predicted molar refractivity (Wildman–Crippen MR) is 80.2 cm³/mol. The molecule has 1 rings (SSSR count). The van der Waals surface area contributed by atoms with Crippen molar-refractivity contribution in [3.63, 3.8) is 0 Å². The minimum atomic E-state index is -0.431. The lowest BCUT2D eigenvalue weighted by atomic mass is 10.1. The number of carbonyl (C=O) groups is 1. The summed E-state index contributed by atoms with van der Waals surface area (Å²) in [5, 5.41) is 3.14. The molecule has 1 unspecified atom stereocenters. The van der Waals surface area contributed by atoms with E-state index in [1.54, 1.807) is 0 Å². The molecule has 1 aromatic carbocycles. The lowest BCUT2D eigenvalue weighted by Crippen LogP contribution is -2.42. The van der Waals surface area contributed by atoms with E-state index in [1.807, 2.05) is 13.8 Å². The van der Waals surface area contributed by atoms with Crippen molar-refractivity contribution in [2.24, 2.45) is 0 Å². The van der Waals surface area contributed by atoms with Crippen LogP contribution in [-0.4, -0.2) is 32.3 Å². The molecule has 0 aromatic heterocycles. The van der Waals surface area contributed by atoms with E-state index < -0.39 is 6.04 Å². The Bertz CT molecular complexity index is 434. The van der Waals surface area contributed by atoms with Crippen molar-refractivity contribution in [3.8, 4) is 5.75 Å². The van der Waals surface area contributed by atoms with Gasteiger partial charge in [-0.2, -0.15) is 0 Å². The number of methoxy groups -OCH3 is 1. The topological polar surface area (TPSA) is 47.6 Å². The number of hydrogen-bond donors (Lipinski definition) is 1. The highest BCUT2D eigenvalue weighted by Crippen LogP contribution is 2.24. The number of esters is 1. The number of nitrogens with one attached hydrogen (secondary N) is 1. The first-order chi connectivity index (χ1) is 9.49. The third kappa shape index (κ3) is 4.53. The lowest BCUT2D eigenvalue weighted by molar-refractivity contribution is -0.143. The van der Waals surface area contributed by atoms with Gasteiger partial charge in [0.2, 0.25) is 0 Å². The number of rotatable bonds is 7. The summed E-state index contributed by atoms with van der Waals surface area (Å²) < 4.78 is 10.6. The normalized spacial score (nSPS) is 12.1. The van der Waals surface area contributed by atoms with Crippen LogP contribution in [0.4, 0.5) is 0 Å². The van der Waals surface area contributed by atoms with Gasteiger partial charge in [-0.25, -0.2) is 0 Å². The summed E-state index contributed by atoms with van der Waals surface area (Å²) in [5.74, 6) is 0.559. The molecule has 0 fully saturated rings. The van der Waals surface area contributed by atoms with Crippen molar-refractivity contribution < 1.29 is 14.3 Å². The van der Waals surface area contributed by atoms with Gasteiger partial charge in [-0.05, 0) is 44.9 Å². The summed E-state index contributed by atoms with van der Waals surface area (Å²) in [6.45, 7) is 9.18. The van der Waals surface area contributed by atoms with Crippen LogP contribution in [0, 0.1) is 20.8 Å². The van der Waals surface area contributed by atoms with Gasteiger partial charge in [0.1, 0.15) is 18.4 Å². The van der Waals surface area contributed by atoms with Crippen molar-refractivity contribution >= 4 is 5.97 Å². The molecule has 1 N–H and O–H groups in total. The van der Waals surface area contributed by atoms with Crippen LogP contribution in [0.25, 0.3) is 0 Å². The fourth-order valence-corrected chi connectivity index (χ4v) is 2.23. The first-order valence-corrected chi connectivity index (χ1v) is 7.01. The van der Waals surface area contributed by atoms with E-state index in [-0.39, 0.29) is 12.6 Å². The number of benzene rings is 1. The second-order valence-corrected chi connectivity index (χ2v) is 5.07. The number of carbonyl (C=O) groups excluding carboxylic acids is 1. The summed E-state index contributed by atoms with van der Waals surface area (Å²) in [6.07, 6.45) is 0.954. The Kier molecular flexibility index (Phi) is 6.52. The zero-order valence-corrected chi connectivity index (χ0v) is 13.1. The molecule has 0 aliphatic heterocycles. The fraction of sp³-hybridized carbons (Fsp3) is 0.562. The highest BCUT2D eigenvalue weighted by molar-refractivity contribution is 5.75. The van der Waals surface area contributed by atoms with Crippen LogP contribution < -0.4 is 10.1 Å². The first-order valence-electron chi connectivity index (χ1n) is 7.01. The van der Waals surface area contributed by atoms with Gasteiger partial charge in [0.05, 0.1) is 7.11 Å². The first kappa shape index (κ1) is 16.5. The monoisotopic (exact) mass is 279 g/mol. The van der Waals surface area contributed by atoms with E-state index in [2.05, 4.69) is 31.3 Å². The number of hydrogen-bond acceptors (Lipinski definition) is 4. The zero-order valence-electron chi connectivity index (χ0n) is 13.1. The standard InChI is InChI=1S/C16H25NO3/c1-6-7-17-14(16(18)19-5)10-20-15-12(3)8-11(2)9-13(15)4/h8-9,14,17H,6-7,10H2,1-5H3. The highest BCUT2D eigenvalue weighted by Gasteiger charge is 2.19. The van der Waals surface area contributed by atoms with Crippen molar-refractivity contribution in [1.29, 1.82) is 0 Å². The maximum absolute atomic E-state index is 11.7. The molecule has 20 heavy (non-hydrogen) atoms. The summed E-state index contributed by atoms with van der Waals surface area (Å²) >= 11 is 0. The Labute approximate surface area is 121 Å².